The van der Waals surface area contributed by atoms with E-state index >= 15 is 0 Å². The van der Waals surface area contributed by atoms with Crippen molar-refractivity contribution in [3.8, 4) is 0 Å². The number of nitrogens with zero attached hydrogens (tertiary/aromatic N) is 1. The minimum atomic E-state index is -0.139. The van der Waals surface area contributed by atoms with Gasteiger partial charge >= 0.3 is 0 Å². The number of aromatic nitrogens is 1. The molecule has 0 saturated carbocycles. The Morgan fingerprint density at radius 3 is 2.93 bits per heavy atom. The summed E-state index contributed by atoms with van der Waals surface area (Å²) in [6.07, 6.45) is 1.52. The zero-order chi connectivity index (χ0) is 11.4. The molecule has 0 aliphatic rings. The Labute approximate surface area is 102 Å². The van der Waals surface area contributed by atoms with Crippen molar-refractivity contribution in [3.05, 3.63) is 27.5 Å². The average molecular weight is 292 g/mol. The van der Waals surface area contributed by atoms with Gasteiger partial charge in [-0.2, -0.15) is 0 Å². The van der Waals surface area contributed by atoms with E-state index in [1.807, 2.05) is 13.8 Å². The largest absolute Gasteiger partial charge is 0.352 e. The molecule has 0 atom stereocenters. The fourth-order valence-corrected chi connectivity index (χ4v) is 1.53. The van der Waals surface area contributed by atoms with Crippen LogP contribution in [0.5, 0.6) is 0 Å². The van der Waals surface area contributed by atoms with Crippen LogP contribution in [-0.2, 0) is 0 Å². The smallest absolute Gasteiger partial charge is 0.252 e. The molecule has 82 valence electrons. The zero-order valence-corrected chi connectivity index (χ0v) is 10.9. The molecular weight excluding hydrogens is 279 g/mol. The Morgan fingerprint density at radius 2 is 2.33 bits per heavy atom. The molecule has 1 aromatic rings. The summed E-state index contributed by atoms with van der Waals surface area (Å²) in [5, 5.41) is 3.12. The molecule has 0 saturated heterocycles. The SMILES string of the molecule is CC(C)CNC(=O)c1cc(Cl)ncc1Br. The summed E-state index contributed by atoms with van der Waals surface area (Å²) in [4.78, 5) is 15.6. The van der Waals surface area contributed by atoms with Gasteiger partial charge in [0.25, 0.3) is 5.91 Å². The number of hydrogen-bond acceptors (Lipinski definition) is 2. The van der Waals surface area contributed by atoms with Crippen LogP contribution in [0.25, 0.3) is 0 Å². The van der Waals surface area contributed by atoms with Crippen LogP contribution in [0.3, 0.4) is 0 Å². The molecular formula is C10H12BrClN2O. The second-order valence-electron chi connectivity index (χ2n) is 3.59. The number of hydrogen-bond donors (Lipinski definition) is 1. The Hall–Kier alpha value is -0.610. The molecule has 0 fully saturated rings. The van der Waals surface area contributed by atoms with Crippen LogP contribution in [-0.4, -0.2) is 17.4 Å². The summed E-state index contributed by atoms with van der Waals surface area (Å²) in [6, 6.07) is 1.54. The lowest BCUT2D eigenvalue weighted by atomic mass is 10.2. The number of pyridine rings is 1. The van der Waals surface area contributed by atoms with Crippen LogP contribution >= 0.6 is 27.5 Å². The van der Waals surface area contributed by atoms with Gasteiger partial charge in [0.1, 0.15) is 5.15 Å². The van der Waals surface area contributed by atoms with Gasteiger partial charge in [0.05, 0.1) is 5.56 Å². The topological polar surface area (TPSA) is 42.0 Å². The molecule has 3 nitrogen and oxygen atoms in total. The van der Waals surface area contributed by atoms with Gasteiger partial charge in [0, 0.05) is 17.2 Å². The maximum atomic E-state index is 11.7. The van der Waals surface area contributed by atoms with E-state index in [0.29, 0.717) is 27.7 Å². The van der Waals surface area contributed by atoms with Crippen molar-refractivity contribution in [3.63, 3.8) is 0 Å². The maximum Gasteiger partial charge on any atom is 0.252 e. The highest BCUT2D eigenvalue weighted by Crippen LogP contribution is 2.18. The van der Waals surface area contributed by atoms with Crippen molar-refractivity contribution in [2.24, 2.45) is 5.92 Å². The zero-order valence-electron chi connectivity index (χ0n) is 8.55. The lowest BCUT2D eigenvalue weighted by molar-refractivity contribution is 0.0948. The van der Waals surface area contributed by atoms with Crippen molar-refractivity contribution >= 4 is 33.4 Å². The van der Waals surface area contributed by atoms with Crippen LogP contribution in [0.4, 0.5) is 0 Å². The van der Waals surface area contributed by atoms with Crippen molar-refractivity contribution in [2.75, 3.05) is 6.54 Å². The summed E-state index contributed by atoms with van der Waals surface area (Å²) in [6.45, 7) is 4.72. The van der Waals surface area contributed by atoms with Crippen LogP contribution in [0.1, 0.15) is 24.2 Å². The molecule has 1 aromatic heterocycles. The third-order valence-corrected chi connectivity index (χ3v) is 2.58. The Morgan fingerprint density at radius 1 is 1.67 bits per heavy atom. The predicted octanol–water partition coefficient (Wildman–Crippen LogP) is 2.88. The lowest BCUT2D eigenvalue weighted by Crippen LogP contribution is -2.27. The first-order chi connectivity index (χ1) is 7.00. The number of halogens is 2. The molecule has 1 heterocycles. The number of amides is 1. The quantitative estimate of drug-likeness (QED) is 0.870. The molecule has 0 spiro atoms. The second-order valence-corrected chi connectivity index (χ2v) is 4.83. The molecule has 0 bridgehead atoms. The molecule has 0 aromatic carbocycles. The molecule has 1 rings (SSSR count). The van der Waals surface area contributed by atoms with Crippen molar-refractivity contribution in [1.29, 1.82) is 0 Å². The monoisotopic (exact) mass is 290 g/mol. The number of carbonyl (C=O) groups excluding carboxylic acids is 1. The highest BCUT2D eigenvalue weighted by atomic mass is 79.9. The van der Waals surface area contributed by atoms with Crippen LogP contribution in [0, 0.1) is 5.92 Å². The van der Waals surface area contributed by atoms with Gasteiger partial charge in [-0.1, -0.05) is 25.4 Å². The van der Waals surface area contributed by atoms with Gasteiger partial charge in [-0.15, -0.1) is 0 Å². The summed E-state index contributed by atoms with van der Waals surface area (Å²) in [5.41, 5.74) is 0.510. The van der Waals surface area contributed by atoms with E-state index < -0.39 is 0 Å². The summed E-state index contributed by atoms with van der Waals surface area (Å²) >= 11 is 8.97. The van der Waals surface area contributed by atoms with E-state index in [4.69, 9.17) is 11.6 Å². The molecule has 1 N–H and O–H groups in total. The van der Waals surface area contributed by atoms with E-state index in [1.165, 1.54) is 6.20 Å². The standard InChI is InChI=1S/C10H12BrClN2O/c1-6(2)4-14-10(15)7-3-9(12)13-5-8(7)11/h3,5-6H,4H2,1-2H3,(H,14,15). The Balaban J connectivity index is 2.77. The summed E-state index contributed by atoms with van der Waals surface area (Å²) in [5.74, 6) is 0.282. The number of rotatable bonds is 3. The predicted molar refractivity (Wildman–Crippen MR) is 64.1 cm³/mol. The minimum Gasteiger partial charge on any atom is -0.352 e. The van der Waals surface area contributed by atoms with Gasteiger partial charge in [-0.3, -0.25) is 4.79 Å². The fourth-order valence-electron chi connectivity index (χ4n) is 0.979. The van der Waals surface area contributed by atoms with E-state index in [9.17, 15) is 4.79 Å². The Kier molecular flexibility index (Phi) is 4.54. The molecule has 0 radical (unpaired) electrons. The molecule has 0 aliphatic heterocycles. The highest BCUT2D eigenvalue weighted by molar-refractivity contribution is 9.10. The second kappa shape index (κ2) is 5.47. The fraction of sp³-hybridized carbons (Fsp3) is 0.400. The van der Waals surface area contributed by atoms with Gasteiger partial charge in [0.2, 0.25) is 0 Å². The van der Waals surface area contributed by atoms with Crippen LogP contribution in [0.15, 0.2) is 16.7 Å². The van der Waals surface area contributed by atoms with Crippen LogP contribution < -0.4 is 5.32 Å². The number of nitrogens with one attached hydrogen (secondary N) is 1. The third-order valence-electron chi connectivity index (χ3n) is 1.74. The summed E-state index contributed by atoms with van der Waals surface area (Å²) < 4.78 is 0.646. The molecule has 15 heavy (non-hydrogen) atoms. The molecule has 0 unspecified atom stereocenters. The number of carbonyl (C=O) groups is 1. The maximum absolute atomic E-state index is 11.7. The highest BCUT2D eigenvalue weighted by Gasteiger charge is 2.11. The van der Waals surface area contributed by atoms with Gasteiger partial charge < -0.3 is 5.32 Å². The molecule has 0 aliphatic carbocycles. The first-order valence-corrected chi connectivity index (χ1v) is 5.77. The van der Waals surface area contributed by atoms with E-state index in [2.05, 4.69) is 26.2 Å². The lowest BCUT2D eigenvalue weighted by Gasteiger charge is -2.08. The van der Waals surface area contributed by atoms with Crippen molar-refractivity contribution in [2.45, 2.75) is 13.8 Å². The van der Waals surface area contributed by atoms with Gasteiger partial charge in [-0.25, -0.2) is 4.98 Å². The van der Waals surface area contributed by atoms with E-state index in [-0.39, 0.29) is 5.91 Å². The molecule has 1 amide bonds. The average Bonchev–Trinajstić information content (AvgIpc) is 2.18. The van der Waals surface area contributed by atoms with Crippen molar-refractivity contribution < 1.29 is 4.79 Å². The first kappa shape index (κ1) is 12.5. The van der Waals surface area contributed by atoms with E-state index in [0.717, 1.165) is 0 Å². The minimum absolute atomic E-state index is 0.139. The van der Waals surface area contributed by atoms with Crippen LogP contribution in [0.2, 0.25) is 5.15 Å². The van der Waals surface area contributed by atoms with Crippen molar-refractivity contribution in [1.82, 2.24) is 10.3 Å². The summed E-state index contributed by atoms with van der Waals surface area (Å²) in [7, 11) is 0. The molecule has 5 heteroatoms. The van der Waals surface area contributed by atoms with Gasteiger partial charge in [-0.05, 0) is 27.9 Å². The van der Waals surface area contributed by atoms with Gasteiger partial charge in [0.15, 0.2) is 0 Å². The Bertz CT molecular complexity index is 368. The normalized spacial score (nSPS) is 10.5. The first-order valence-electron chi connectivity index (χ1n) is 4.60. The van der Waals surface area contributed by atoms with E-state index in [1.54, 1.807) is 6.07 Å². The third kappa shape index (κ3) is 3.80.